The molecule has 0 saturated heterocycles. The van der Waals surface area contributed by atoms with Crippen molar-refractivity contribution in [3.8, 4) is 11.5 Å². The Kier molecular flexibility index (Phi) is 6.09. The molecule has 2 N–H and O–H groups in total. The molecular formula is C18H20BrNO4. The molecule has 0 aliphatic rings. The summed E-state index contributed by atoms with van der Waals surface area (Å²) < 4.78 is 12.0. The van der Waals surface area contributed by atoms with Gasteiger partial charge in [-0.05, 0) is 55.8 Å². The van der Waals surface area contributed by atoms with Crippen LogP contribution in [0.3, 0.4) is 0 Å². The molecule has 6 heteroatoms. The smallest absolute Gasteiger partial charge is 0.335 e. The number of methoxy groups -OCH3 is 1. The zero-order valence-electron chi connectivity index (χ0n) is 13.8. The van der Waals surface area contributed by atoms with E-state index in [9.17, 15) is 4.79 Å². The molecule has 128 valence electrons. The number of hydrogen-bond acceptors (Lipinski definition) is 4. The van der Waals surface area contributed by atoms with Gasteiger partial charge in [0, 0.05) is 16.7 Å². The highest BCUT2D eigenvalue weighted by Gasteiger charge is 2.11. The maximum absolute atomic E-state index is 10.9. The van der Waals surface area contributed by atoms with E-state index < -0.39 is 5.97 Å². The number of hydrogen-bond donors (Lipinski definition) is 2. The molecule has 0 amide bonds. The van der Waals surface area contributed by atoms with Crippen LogP contribution in [0, 0.1) is 0 Å². The van der Waals surface area contributed by atoms with Gasteiger partial charge >= 0.3 is 5.97 Å². The Morgan fingerprint density at radius 2 is 1.88 bits per heavy atom. The molecule has 0 aromatic heterocycles. The SMILES string of the molecule is COc1cc(CNc2ccc(C(=O)O)cc2)c(Br)cc1OC(C)C. The third-order valence-electron chi connectivity index (χ3n) is 3.31. The molecule has 2 aromatic carbocycles. The van der Waals surface area contributed by atoms with Crippen molar-refractivity contribution in [1.82, 2.24) is 0 Å². The molecule has 0 bridgehead atoms. The minimum atomic E-state index is -0.935. The van der Waals surface area contributed by atoms with Crippen LogP contribution in [0.2, 0.25) is 0 Å². The van der Waals surface area contributed by atoms with Gasteiger partial charge in [0.25, 0.3) is 0 Å². The fraction of sp³-hybridized carbons (Fsp3) is 0.278. The molecule has 24 heavy (non-hydrogen) atoms. The largest absolute Gasteiger partial charge is 0.493 e. The second-order valence-corrected chi connectivity index (χ2v) is 6.35. The average Bonchev–Trinajstić information content (AvgIpc) is 2.54. The van der Waals surface area contributed by atoms with Gasteiger partial charge in [0.05, 0.1) is 18.8 Å². The first-order valence-electron chi connectivity index (χ1n) is 7.51. The van der Waals surface area contributed by atoms with Gasteiger partial charge in [0.1, 0.15) is 0 Å². The Balaban J connectivity index is 2.13. The highest BCUT2D eigenvalue weighted by molar-refractivity contribution is 9.10. The Bertz CT molecular complexity index is 714. The first kappa shape index (κ1) is 18.1. The Labute approximate surface area is 149 Å². The molecule has 0 atom stereocenters. The summed E-state index contributed by atoms with van der Waals surface area (Å²) in [6, 6.07) is 10.4. The lowest BCUT2D eigenvalue weighted by Crippen LogP contribution is -2.08. The topological polar surface area (TPSA) is 67.8 Å². The number of halogens is 1. The van der Waals surface area contributed by atoms with Crippen LogP contribution in [0.5, 0.6) is 11.5 Å². The second kappa shape index (κ2) is 8.06. The summed E-state index contributed by atoms with van der Waals surface area (Å²) in [4.78, 5) is 10.9. The molecule has 0 aliphatic carbocycles. The molecule has 2 rings (SSSR count). The molecule has 0 heterocycles. The number of nitrogens with one attached hydrogen (secondary N) is 1. The molecule has 0 saturated carbocycles. The fourth-order valence-corrected chi connectivity index (χ4v) is 2.61. The number of rotatable bonds is 7. The molecule has 0 unspecified atom stereocenters. The molecule has 0 spiro atoms. The predicted molar refractivity (Wildman–Crippen MR) is 97.2 cm³/mol. The van der Waals surface area contributed by atoms with Crippen LogP contribution >= 0.6 is 15.9 Å². The van der Waals surface area contributed by atoms with E-state index in [1.807, 2.05) is 26.0 Å². The highest BCUT2D eigenvalue weighted by Crippen LogP contribution is 2.34. The third kappa shape index (κ3) is 4.64. The molecule has 5 nitrogen and oxygen atoms in total. The Morgan fingerprint density at radius 3 is 2.42 bits per heavy atom. The van der Waals surface area contributed by atoms with Gasteiger partial charge in [-0.1, -0.05) is 15.9 Å². The first-order valence-corrected chi connectivity index (χ1v) is 8.30. The van der Waals surface area contributed by atoms with Crippen molar-refractivity contribution < 1.29 is 19.4 Å². The average molecular weight is 394 g/mol. The number of benzene rings is 2. The van der Waals surface area contributed by atoms with Gasteiger partial charge in [-0.3, -0.25) is 0 Å². The first-order chi connectivity index (χ1) is 11.4. The zero-order valence-corrected chi connectivity index (χ0v) is 15.4. The van der Waals surface area contributed by atoms with Crippen LogP contribution in [-0.4, -0.2) is 24.3 Å². The number of carboxylic acids is 1. The maximum atomic E-state index is 10.9. The van der Waals surface area contributed by atoms with E-state index >= 15 is 0 Å². The van der Waals surface area contributed by atoms with Gasteiger partial charge in [0.2, 0.25) is 0 Å². The highest BCUT2D eigenvalue weighted by atomic mass is 79.9. The van der Waals surface area contributed by atoms with Crippen LogP contribution in [0.15, 0.2) is 40.9 Å². The van der Waals surface area contributed by atoms with Crippen molar-refractivity contribution in [3.05, 3.63) is 52.0 Å². The lowest BCUT2D eigenvalue weighted by atomic mass is 10.1. The van der Waals surface area contributed by atoms with Crippen molar-refractivity contribution in [2.24, 2.45) is 0 Å². The van der Waals surface area contributed by atoms with Gasteiger partial charge in [-0.15, -0.1) is 0 Å². The fourth-order valence-electron chi connectivity index (χ4n) is 2.15. The Hall–Kier alpha value is -2.21. The number of carboxylic acid groups (broad SMARTS) is 1. The third-order valence-corrected chi connectivity index (χ3v) is 4.05. The Morgan fingerprint density at radius 1 is 1.21 bits per heavy atom. The van der Waals surface area contributed by atoms with Crippen LogP contribution in [-0.2, 0) is 6.54 Å². The number of anilines is 1. The van der Waals surface area contributed by atoms with E-state index in [-0.39, 0.29) is 11.7 Å². The zero-order chi connectivity index (χ0) is 17.7. The molecule has 0 fully saturated rings. The summed E-state index contributed by atoms with van der Waals surface area (Å²) in [5, 5.41) is 12.2. The normalized spacial score (nSPS) is 10.5. The molecule has 2 aromatic rings. The summed E-state index contributed by atoms with van der Waals surface area (Å²) in [6.45, 7) is 4.48. The molecule has 0 aliphatic heterocycles. The van der Waals surface area contributed by atoms with Gasteiger partial charge in [0.15, 0.2) is 11.5 Å². The van der Waals surface area contributed by atoms with E-state index in [0.29, 0.717) is 18.0 Å². The quantitative estimate of drug-likeness (QED) is 0.721. The van der Waals surface area contributed by atoms with Crippen molar-refractivity contribution in [1.29, 1.82) is 0 Å². The summed E-state index contributed by atoms with van der Waals surface area (Å²) in [6.07, 6.45) is 0.0579. The van der Waals surface area contributed by atoms with Crippen LogP contribution in [0.4, 0.5) is 5.69 Å². The summed E-state index contributed by atoms with van der Waals surface area (Å²) >= 11 is 3.55. The van der Waals surface area contributed by atoms with E-state index in [0.717, 1.165) is 15.7 Å². The van der Waals surface area contributed by atoms with E-state index in [2.05, 4.69) is 21.2 Å². The van der Waals surface area contributed by atoms with E-state index in [1.54, 1.807) is 31.4 Å². The van der Waals surface area contributed by atoms with Gasteiger partial charge < -0.3 is 19.9 Å². The number of carbonyl (C=O) groups is 1. The van der Waals surface area contributed by atoms with Crippen molar-refractivity contribution in [3.63, 3.8) is 0 Å². The van der Waals surface area contributed by atoms with Crippen molar-refractivity contribution >= 4 is 27.6 Å². The van der Waals surface area contributed by atoms with Crippen LogP contribution in [0.25, 0.3) is 0 Å². The van der Waals surface area contributed by atoms with Gasteiger partial charge in [-0.2, -0.15) is 0 Å². The lowest BCUT2D eigenvalue weighted by molar-refractivity contribution is 0.0697. The minimum Gasteiger partial charge on any atom is -0.493 e. The summed E-state index contributed by atoms with van der Waals surface area (Å²) in [7, 11) is 1.61. The standard InChI is InChI=1S/C18H20BrNO4/c1-11(2)24-17-9-15(19)13(8-16(17)23-3)10-20-14-6-4-12(5-7-14)18(21)22/h4-9,11,20H,10H2,1-3H3,(H,21,22). The van der Waals surface area contributed by atoms with Crippen LogP contribution in [0.1, 0.15) is 29.8 Å². The van der Waals surface area contributed by atoms with E-state index in [4.69, 9.17) is 14.6 Å². The van der Waals surface area contributed by atoms with Crippen LogP contribution < -0.4 is 14.8 Å². The second-order valence-electron chi connectivity index (χ2n) is 5.50. The van der Waals surface area contributed by atoms with Crippen molar-refractivity contribution in [2.75, 3.05) is 12.4 Å². The van der Waals surface area contributed by atoms with Crippen molar-refractivity contribution in [2.45, 2.75) is 26.5 Å². The predicted octanol–water partition coefficient (Wildman–Crippen LogP) is 4.56. The molecular weight excluding hydrogens is 374 g/mol. The maximum Gasteiger partial charge on any atom is 0.335 e. The summed E-state index contributed by atoms with van der Waals surface area (Å²) in [5.74, 6) is 0.425. The van der Waals surface area contributed by atoms with Gasteiger partial charge in [-0.25, -0.2) is 4.79 Å². The number of ether oxygens (including phenoxy) is 2. The number of aromatic carboxylic acids is 1. The van der Waals surface area contributed by atoms with E-state index in [1.165, 1.54) is 0 Å². The monoisotopic (exact) mass is 393 g/mol. The minimum absolute atomic E-state index is 0.0579. The summed E-state index contributed by atoms with van der Waals surface area (Å²) in [5.41, 5.74) is 2.11. The molecule has 0 radical (unpaired) electrons. The lowest BCUT2D eigenvalue weighted by Gasteiger charge is -2.16.